The van der Waals surface area contributed by atoms with Crippen LogP contribution >= 0.6 is 35.0 Å². The summed E-state index contributed by atoms with van der Waals surface area (Å²) in [5.74, 6) is -0.767. The zero-order valence-electron chi connectivity index (χ0n) is 20.9. The van der Waals surface area contributed by atoms with Crippen LogP contribution in [0.25, 0.3) is 6.08 Å². The van der Waals surface area contributed by atoms with E-state index < -0.39 is 5.91 Å². The van der Waals surface area contributed by atoms with Crippen molar-refractivity contribution in [1.82, 2.24) is 5.32 Å². The van der Waals surface area contributed by atoms with Gasteiger partial charge in [-0.05, 0) is 73.2 Å². The lowest BCUT2D eigenvalue weighted by Gasteiger charge is -2.12. The number of hydrogen-bond donors (Lipinski definition) is 2. The summed E-state index contributed by atoms with van der Waals surface area (Å²) in [5.41, 5.74) is 3.33. The largest absolute Gasteiger partial charge is 0.321 e. The lowest BCUT2D eigenvalue weighted by atomic mass is 10.1. The Hall–Kier alpha value is -3.84. The van der Waals surface area contributed by atoms with Crippen LogP contribution in [0, 0.1) is 6.92 Å². The number of rotatable bonds is 9. The van der Waals surface area contributed by atoms with Crippen LogP contribution < -0.4 is 10.6 Å². The van der Waals surface area contributed by atoms with Crippen LogP contribution in [-0.4, -0.2) is 23.4 Å². The number of amides is 2. The molecule has 4 aromatic carbocycles. The molecule has 0 aromatic heterocycles. The molecule has 0 atom stereocenters. The molecule has 39 heavy (non-hydrogen) atoms. The summed E-state index contributed by atoms with van der Waals surface area (Å²) in [7, 11) is 0. The first-order valence-electron chi connectivity index (χ1n) is 12.0. The minimum Gasteiger partial charge on any atom is -0.321 e. The predicted molar refractivity (Wildman–Crippen MR) is 160 cm³/mol. The van der Waals surface area contributed by atoms with Gasteiger partial charge in [-0.25, -0.2) is 0 Å². The number of aryl methyl sites for hydroxylation is 1. The van der Waals surface area contributed by atoms with Crippen LogP contribution in [0.5, 0.6) is 0 Å². The topological polar surface area (TPSA) is 75.3 Å². The number of carbonyl (C=O) groups excluding carboxylic acids is 3. The average molecular weight is 576 g/mol. The van der Waals surface area contributed by atoms with Gasteiger partial charge in [-0.15, -0.1) is 11.8 Å². The van der Waals surface area contributed by atoms with Crippen LogP contribution in [0.4, 0.5) is 5.69 Å². The van der Waals surface area contributed by atoms with E-state index in [4.69, 9.17) is 23.2 Å². The van der Waals surface area contributed by atoms with E-state index in [9.17, 15) is 14.4 Å². The number of halogens is 2. The Balaban J connectivity index is 1.44. The molecule has 4 rings (SSSR count). The van der Waals surface area contributed by atoms with Crippen molar-refractivity contribution in [2.24, 2.45) is 0 Å². The van der Waals surface area contributed by atoms with Crippen molar-refractivity contribution in [2.75, 3.05) is 11.1 Å². The van der Waals surface area contributed by atoms with E-state index in [1.165, 1.54) is 11.8 Å². The summed E-state index contributed by atoms with van der Waals surface area (Å²) in [4.78, 5) is 39.4. The van der Waals surface area contributed by atoms with Crippen molar-refractivity contribution in [3.8, 4) is 0 Å². The summed E-state index contributed by atoms with van der Waals surface area (Å²) in [6.07, 6.45) is 1.64. The smallest absolute Gasteiger partial charge is 0.272 e. The van der Waals surface area contributed by atoms with Crippen LogP contribution in [0.2, 0.25) is 10.0 Å². The molecule has 2 amide bonds. The number of carbonyl (C=O) groups is 3. The van der Waals surface area contributed by atoms with Crippen molar-refractivity contribution < 1.29 is 14.4 Å². The molecule has 0 aliphatic heterocycles. The van der Waals surface area contributed by atoms with E-state index in [0.29, 0.717) is 26.9 Å². The Kier molecular flexibility index (Phi) is 9.60. The van der Waals surface area contributed by atoms with Gasteiger partial charge in [0, 0.05) is 26.7 Å². The first kappa shape index (κ1) is 28.2. The lowest BCUT2D eigenvalue weighted by Crippen LogP contribution is -2.30. The van der Waals surface area contributed by atoms with Gasteiger partial charge in [-0.1, -0.05) is 71.2 Å². The van der Waals surface area contributed by atoms with Crippen molar-refractivity contribution in [2.45, 2.75) is 11.8 Å². The Morgan fingerprint density at radius 3 is 2.28 bits per heavy atom. The van der Waals surface area contributed by atoms with Crippen molar-refractivity contribution in [3.05, 3.63) is 135 Å². The fourth-order valence-corrected chi connectivity index (χ4v) is 4.94. The molecular weight excluding hydrogens is 551 g/mol. The molecule has 0 aliphatic carbocycles. The molecule has 196 valence electrons. The predicted octanol–water partition coefficient (Wildman–Crippen LogP) is 7.69. The number of hydrogen-bond acceptors (Lipinski definition) is 4. The van der Waals surface area contributed by atoms with Crippen LogP contribution in [0.15, 0.2) is 108 Å². The van der Waals surface area contributed by atoms with Gasteiger partial charge in [-0.3, -0.25) is 14.4 Å². The summed E-state index contributed by atoms with van der Waals surface area (Å²) in [6, 6.07) is 28.2. The fourth-order valence-electron chi connectivity index (χ4n) is 3.64. The maximum Gasteiger partial charge on any atom is 0.272 e. The molecule has 2 N–H and O–H groups in total. The summed E-state index contributed by atoms with van der Waals surface area (Å²) in [5, 5.41) is 6.36. The minimum atomic E-state index is -0.464. The number of anilines is 1. The highest BCUT2D eigenvalue weighted by molar-refractivity contribution is 8.00. The monoisotopic (exact) mass is 574 g/mol. The first-order valence-corrected chi connectivity index (χ1v) is 13.7. The molecular formula is C31H24Cl2N2O3S. The molecule has 8 heteroatoms. The molecule has 0 spiro atoms. The second-order valence-corrected chi connectivity index (χ2v) is 10.5. The molecule has 0 saturated heterocycles. The highest BCUT2D eigenvalue weighted by atomic mass is 35.5. The minimum absolute atomic E-state index is 0.110. The average Bonchev–Trinajstić information content (AvgIpc) is 2.92. The highest BCUT2D eigenvalue weighted by Gasteiger charge is 2.16. The van der Waals surface area contributed by atoms with Gasteiger partial charge in [0.15, 0.2) is 5.78 Å². The number of Topliss-reactive ketones (excluding diaryl/α,β-unsaturated/α-hetero) is 1. The van der Waals surface area contributed by atoms with Gasteiger partial charge >= 0.3 is 0 Å². The molecule has 4 aromatic rings. The maximum atomic E-state index is 13.2. The van der Waals surface area contributed by atoms with Crippen molar-refractivity contribution in [1.29, 1.82) is 0 Å². The number of ketones is 1. The Bertz CT molecular complexity index is 1540. The lowest BCUT2D eigenvalue weighted by molar-refractivity contribution is -0.113. The first-order chi connectivity index (χ1) is 18.8. The number of benzene rings is 4. The molecule has 0 unspecified atom stereocenters. The second kappa shape index (κ2) is 13.3. The van der Waals surface area contributed by atoms with Crippen molar-refractivity contribution in [3.63, 3.8) is 0 Å². The second-order valence-electron chi connectivity index (χ2n) is 8.61. The standard InChI is InChI=1S/C31H24Cl2N2O3S/c1-20-6-5-7-21(16-20)17-28(35-30(37)22-8-3-2-4-9-22)31(38)34-24-11-13-25(14-12-24)39-19-29(36)26-15-10-23(32)18-27(26)33/h2-18H,19H2,1H3,(H,34,38)(H,35,37)/b28-17-. The highest BCUT2D eigenvalue weighted by Crippen LogP contribution is 2.26. The third-order valence-electron chi connectivity index (χ3n) is 5.60. The van der Waals surface area contributed by atoms with Crippen molar-refractivity contribution >= 4 is 64.3 Å². The SMILES string of the molecule is Cc1cccc(/C=C(\NC(=O)c2ccccc2)C(=O)Nc2ccc(SCC(=O)c3ccc(Cl)cc3Cl)cc2)c1. The maximum absolute atomic E-state index is 13.2. The fraction of sp³-hybridized carbons (Fsp3) is 0.0645. The summed E-state index contributed by atoms with van der Waals surface area (Å²) < 4.78 is 0. The molecule has 0 aliphatic rings. The van der Waals surface area contributed by atoms with Crippen LogP contribution in [0.3, 0.4) is 0 Å². The van der Waals surface area contributed by atoms with Crippen LogP contribution in [0.1, 0.15) is 31.8 Å². The molecule has 0 fully saturated rings. The quantitative estimate of drug-likeness (QED) is 0.122. The third-order valence-corrected chi connectivity index (χ3v) is 7.16. The summed E-state index contributed by atoms with van der Waals surface area (Å²) in [6.45, 7) is 1.96. The molecule has 0 heterocycles. The zero-order valence-corrected chi connectivity index (χ0v) is 23.2. The molecule has 5 nitrogen and oxygen atoms in total. The van der Waals surface area contributed by atoms with E-state index in [0.717, 1.165) is 16.0 Å². The Labute approximate surface area is 241 Å². The Morgan fingerprint density at radius 1 is 0.846 bits per heavy atom. The van der Waals surface area contributed by atoms with E-state index in [2.05, 4.69) is 10.6 Å². The van der Waals surface area contributed by atoms with Gasteiger partial charge in [0.05, 0.1) is 10.8 Å². The van der Waals surface area contributed by atoms with Gasteiger partial charge in [0.2, 0.25) is 0 Å². The van der Waals surface area contributed by atoms with E-state index in [1.807, 2.05) is 49.4 Å². The number of thioether (sulfide) groups is 1. The molecule has 0 saturated carbocycles. The van der Waals surface area contributed by atoms with E-state index in [1.54, 1.807) is 60.7 Å². The van der Waals surface area contributed by atoms with E-state index >= 15 is 0 Å². The van der Waals surface area contributed by atoms with Gasteiger partial charge in [0.25, 0.3) is 11.8 Å². The Morgan fingerprint density at radius 2 is 1.59 bits per heavy atom. The van der Waals surface area contributed by atoms with E-state index in [-0.39, 0.29) is 23.1 Å². The van der Waals surface area contributed by atoms with Gasteiger partial charge < -0.3 is 10.6 Å². The number of nitrogens with one attached hydrogen (secondary N) is 2. The molecule has 0 radical (unpaired) electrons. The molecule has 0 bridgehead atoms. The normalized spacial score (nSPS) is 11.1. The van der Waals surface area contributed by atoms with Gasteiger partial charge in [0.1, 0.15) is 5.70 Å². The van der Waals surface area contributed by atoms with Gasteiger partial charge in [-0.2, -0.15) is 0 Å². The zero-order chi connectivity index (χ0) is 27.8. The third kappa shape index (κ3) is 8.07. The van der Waals surface area contributed by atoms with Crippen LogP contribution in [-0.2, 0) is 4.79 Å². The summed E-state index contributed by atoms with van der Waals surface area (Å²) >= 11 is 13.4.